The number of hydrogen-bond donors (Lipinski definition) is 2. The zero-order valence-corrected chi connectivity index (χ0v) is 12.4. The Morgan fingerprint density at radius 1 is 1.30 bits per heavy atom. The third-order valence-corrected chi connectivity index (χ3v) is 4.92. The predicted molar refractivity (Wildman–Crippen MR) is 82.0 cm³/mol. The maximum absolute atomic E-state index is 11.9. The van der Waals surface area contributed by atoms with Crippen molar-refractivity contribution in [2.24, 2.45) is 11.8 Å². The Balaban J connectivity index is 1.75. The van der Waals surface area contributed by atoms with Crippen LogP contribution < -0.4 is 10.6 Å². The highest BCUT2D eigenvalue weighted by molar-refractivity contribution is 5.95. The molecule has 1 amide bonds. The van der Waals surface area contributed by atoms with Crippen LogP contribution >= 0.6 is 0 Å². The summed E-state index contributed by atoms with van der Waals surface area (Å²) in [6.45, 7) is 4.72. The molecule has 3 nitrogen and oxygen atoms in total. The summed E-state index contributed by atoms with van der Waals surface area (Å²) in [7, 11) is 0. The second-order valence-corrected chi connectivity index (χ2v) is 6.31. The molecule has 0 aromatic heterocycles. The van der Waals surface area contributed by atoms with E-state index in [1.165, 1.54) is 31.2 Å². The van der Waals surface area contributed by atoms with Gasteiger partial charge in [0.1, 0.15) is 0 Å². The number of aryl methyl sites for hydroxylation is 1. The number of nitrogens with one attached hydrogen (secondary N) is 2. The van der Waals surface area contributed by atoms with Crippen LogP contribution in [0, 0.1) is 18.8 Å². The summed E-state index contributed by atoms with van der Waals surface area (Å²) in [4.78, 5) is 11.9. The molecular formula is C17H24N2O. The fourth-order valence-electron chi connectivity index (χ4n) is 3.80. The van der Waals surface area contributed by atoms with Crippen LogP contribution in [0.1, 0.15) is 48.5 Å². The molecule has 3 atom stereocenters. The third kappa shape index (κ3) is 2.54. The highest BCUT2D eigenvalue weighted by atomic mass is 16.1. The molecule has 2 fully saturated rings. The van der Waals surface area contributed by atoms with Crippen LogP contribution in [0.3, 0.4) is 0 Å². The minimum absolute atomic E-state index is 0.0171. The van der Waals surface area contributed by atoms with E-state index in [2.05, 4.69) is 17.6 Å². The lowest BCUT2D eigenvalue weighted by Crippen LogP contribution is -2.27. The van der Waals surface area contributed by atoms with Crippen molar-refractivity contribution in [1.29, 1.82) is 0 Å². The SMILES string of the molecule is CCNC(=O)c1ccc(C)c(NC2CC3CCC2C3)c1. The minimum Gasteiger partial charge on any atom is -0.382 e. The van der Waals surface area contributed by atoms with E-state index in [0.29, 0.717) is 12.6 Å². The molecule has 3 rings (SSSR count). The molecule has 3 heteroatoms. The number of rotatable bonds is 4. The standard InChI is InChI=1S/C17H24N2O/c1-3-18-17(20)14-6-4-11(2)15(10-14)19-16-9-12-5-7-13(16)8-12/h4,6,10,12-13,16,19H,3,5,7-9H2,1-2H3,(H,18,20). The van der Waals surface area contributed by atoms with Crippen LogP contribution in [0.15, 0.2) is 18.2 Å². The number of hydrogen-bond acceptors (Lipinski definition) is 2. The normalized spacial score (nSPS) is 27.6. The Morgan fingerprint density at radius 2 is 2.15 bits per heavy atom. The van der Waals surface area contributed by atoms with Gasteiger partial charge in [-0.05, 0) is 62.6 Å². The fourth-order valence-corrected chi connectivity index (χ4v) is 3.80. The molecule has 2 N–H and O–H groups in total. The Labute approximate surface area is 121 Å². The third-order valence-electron chi connectivity index (χ3n) is 4.92. The zero-order valence-electron chi connectivity index (χ0n) is 12.4. The first-order valence-corrected chi connectivity index (χ1v) is 7.82. The van der Waals surface area contributed by atoms with Crippen LogP contribution in [0.5, 0.6) is 0 Å². The van der Waals surface area contributed by atoms with Crippen molar-refractivity contribution in [3.05, 3.63) is 29.3 Å². The molecule has 0 saturated heterocycles. The second kappa shape index (κ2) is 5.47. The lowest BCUT2D eigenvalue weighted by atomic mass is 9.94. The van der Waals surface area contributed by atoms with E-state index in [4.69, 9.17) is 0 Å². The van der Waals surface area contributed by atoms with Gasteiger partial charge in [-0.15, -0.1) is 0 Å². The largest absolute Gasteiger partial charge is 0.382 e. The van der Waals surface area contributed by atoms with Gasteiger partial charge in [-0.25, -0.2) is 0 Å². The minimum atomic E-state index is 0.0171. The van der Waals surface area contributed by atoms with E-state index in [9.17, 15) is 4.79 Å². The summed E-state index contributed by atoms with van der Waals surface area (Å²) in [6, 6.07) is 6.57. The maximum Gasteiger partial charge on any atom is 0.251 e. The van der Waals surface area contributed by atoms with Gasteiger partial charge in [-0.1, -0.05) is 12.5 Å². The van der Waals surface area contributed by atoms with Crippen LogP contribution in [0.25, 0.3) is 0 Å². The molecule has 0 spiro atoms. The number of anilines is 1. The lowest BCUT2D eigenvalue weighted by Gasteiger charge is -2.25. The van der Waals surface area contributed by atoms with Gasteiger partial charge in [0.15, 0.2) is 0 Å². The number of carbonyl (C=O) groups is 1. The van der Waals surface area contributed by atoms with Gasteiger partial charge in [0.05, 0.1) is 0 Å². The molecule has 0 heterocycles. The zero-order chi connectivity index (χ0) is 14.1. The first-order chi connectivity index (χ1) is 9.67. The monoisotopic (exact) mass is 272 g/mol. The van der Waals surface area contributed by atoms with Crippen molar-refractivity contribution >= 4 is 11.6 Å². The second-order valence-electron chi connectivity index (χ2n) is 6.31. The molecule has 20 heavy (non-hydrogen) atoms. The summed E-state index contributed by atoms with van der Waals surface area (Å²) in [6.07, 6.45) is 5.49. The Hall–Kier alpha value is -1.51. The molecule has 2 aliphatic carbocycles. The van der Waals surface area contributed by atoms with Crippen molar-refractivity contribution < 1.29 is 4.79 Å². The molecular weight excluding hydrogens is 248 g/mol. The molecule has 0 aliphatic heterocycles. The van der Waals surface area contributed by atoms with E-state index >= 15 is 0 Å². The fraction of sp³-hybridized carbons (Fsp3) is 0.588. The molecule has 2 bridgehead atoms. The van der Waals surface area contributed by atoms with Gasteiger partial charge < -0.3 is 10.6 Å². The van der Waals surface area contributed by atoms with Crippen molar-refractivity contribution in [2.45, 2.75) is 45.6 Å². The summed E-state index contributed by atoms with van der Waals surface area (Å²) in [5.41, 5.74) is 3.11. The van der Waals surface area contributed by atoms with Gasteiger partial charge in [0.2, 0.25) is 0 Å². The number of fused-ring (bicyclic) bond motifs is 2. The smallest absolute Gasteiger partial charge is 0.251 e. The van der Waals surface area contributed by atoms with E-state index in [1.54, 1.807) is 0 Å². The van der Waals surface area contributed by atoms with Crippen LogP contribution in [0.4, 0.5) is 5.69 Å². The van der Waals surface area contributed by atoms with Gasteiger partial charge >= 0.3 is 0 Å². The van der Waals surface area contributed by atoms with Crippen molar-refractivity contribution in [3.63, 3.8) is 0 Å². The van der Waals surface area contributed by atoms with Gasteiger partial charge in [-0.2, -0.15) is 0 Å². The molecule has 1 aromatic carbocycles. The maximum atomic E-state index is 11.9. The van der Waals surface area contributed by atoms with Gasteiger partial charge in [-0.3, -0.25) is 4.79 Å². The quantitative estimate of drug-likeness (QED) is 0.882. The van der Waals surface area contributed by atoms with E-state index in [0.717, 1.165) is 23.1 Å². The summed E-state index contributed by atoms with van der Waals surface area (Å²) in [5, 5.41) is 6.56. The number of carbonyl (C=O) groups excluding carboxylic acids is 1. The van der Waals surface area contributed by atoms with Crippen LogP contribution in [0.2, 0.25) is 0 Å². The Bertz CT molecular complexity index is 512. The van der Waals surface area contributed by atoms with E-state index in [1.807, 2.05) is 25.1 Å². The Morgan fingerprint density at radius 3 is 2.80 bits per heavy atom. The molecule has 1 aromatic rings. The highest BCUT2D eigenvalue weighted by Crippen LogP contribution is 2.45. The van der Waals surface area contributed by atoms with Crippen LogP contribution in [-0.2, 0) is 0 Å². The summed E-state index contributed by atoms with van der Waals surface area (Å²) >= 11 is 0. The highest BCUT2D eigenvalue weighted by Gasteiger charge is 2.39. The number of amides is 1. The van der Waals surface area contributed by atoms with Crippen molar-refractivity contribution in [3.8, 4) is 0 Å². The van der Waals surface area contributed by atoms with Gasteiger partial charge in [0.25, 0.3) is 5.91 Å². The topological polar surface area (TPSA) is 41.1 Å². The van der Waals surface area contributed by atoms with Gasteiger partial charge in [0, 0.05) is 23.8 Å². The first kappa shape index (κ1) is 13.5. The molecule has 2 aliphatic rings. The average Bonchev–Trinajstić information content (AvgIpc) is 3.04. The molecule has 0 radical (unpaired) electrons. The predicted octanol–water partition coefficient (Wildman–Crippen LogP) is 3.35. The van der Waals surface area contributed by atoms with E-state index in [-0.39, 0.29) is 5.91 Å². The lowest BCUT2D eigenvalue weighted by molar-refractivity contribution is 0.0956. The van der Waals surface area contributed by atoms with Crippen LogP contribution in [-0.4, -0.2) is 18.5 Å². The molecule has 3 unspecified atom stereocenters. The number of benzene rings is 1. The van der Waals surface area contributed by atoms with Crippen molar-refractivity contribution in [2.75, 3.05) is 11.9 Å². The molecule has 2 saturated carbocycles. The first-order valence-electron chi connectivity index (χ1n) is 7.82. The van der Waals surface area contributed by atoms with Crippen molar-refractivity contribution in [1.82, 2.24) is 5.32 Å². The Kier molecular flexibility index (Phi) is 3.68. The molecule has 108 valence electrons. The average molecular weight is 272 g/mol. The summed E-state index contributed by atoms with van der Waals surface area (Å²) < 4.78 is 0. The summed E-state index contributed by atoms with van der Waals surface area (Å²) in [5.74, 6) is 1.79. The van der Waals surface area contributed by atoms with E-state index < -0.39 is 0 Å².